The van der Waals surface area contributed by atoms with Gasteiger partial charge in [0.25, 0.3) is 0 Å². The van der Waals surface area contributed by atoms with Crippen molar-refractivity contribution >= 4 is 0 Å². The van der Waals surface area contributed by atoms with E-state index in [1.165, 1.54) is 12.8 Å². The van der Waals surface area contributed by atoms with Crippen LogP contribution in [0.3, 0.4) is 0 Å². The second-order valence-corrected chi connectivity index (χ2v) is 3.90. The number of hydrogen-bond acceptors (Lipinski definition) is 4. The SMILES string of the molecule is OCCCNCc1nnc2n1CCCC2. The van der Waals surface area contributed by atoms with E-state index in [2.05, 4.69) is 20.1 Å². The van der Waals surface area contributed by atoms with Crippen molar-refractivity contribution in [1.82, 2.24) is 20.1 Å². The van der Waals surface area contributed by atoms with Crippen molar-refractivity contribution < 1.29 is 5.11 Å². The molecule has 1 aliphatic heterocycles. The van der Waals surface area contributed by atoms with E-state index in [1.807, 2.05) is 0 Å². The Morgan fingerprint density at radius 2 is 2.27 bits per heavy atom. The largest absolute Gasteiger partial charge is 0.396 e. The monoisotopic (exact) mass is 210 g/mol. The summed E-state index contributed by atoms with van der Waals surface area (Å²) >= 11 is 0. The Morgan fingerprint density at radius 3 is 3.13 bits per heavy atom. The maximum Gasteiger partial charge on any atom is 0.147 e. The predicted molar refractivity (Wildman–Crippen MR) is 56.4 cm³/mol. The van der Waals surface area contributed by atoms with Crippen LogP contribution in [0.25, 0.3) is 0 Å². The predicted octanol–water partition coefficient (Wildman–Crippen LogP) is 0.0864. The lowest BCUT2D eigenvalue weighted by Gasteiger charge is -2.14. The molecule has 1 aromatic rings. The summed E-state index contributed by atoms with van der Waals surface area (Å²) in [6.07, 6.45) is 4.31. The average Bonchev–Trinajstić information content (AvgIpc) is 2.68. The third-order valence-corrected chi connectivity index (χ3v) is 2.73. The highest BCUT2D eigenvalue weighted by atomic mass is 16.3. The van der Waals surface area contributed by atoms with E-state index >= 15 is 0 Å². The average molecular weight is 210 g/mol. The molecule has 0 aromatic carbocycles. The second kappa shape index (κ2) is 5.23. The van der Waals surface area contributed by atoms with Crippen LogP contribution in [0.2, 0.25) is 0 Å². The number of aliphatic hydroxyl groups is 1. The van der Waals surface area contributed by atoms with Crippen LogP contribution in [0, 0.1) is 0 Å². The Morgan fingerprint density at radius 1 is 1.33 bits per heavy atom. The molecule has 0 aliphatic carbocycles. The highest BCUT2D eigenvalue weighted by Gasteiger charge is 2.14. The molecule has 0 fully saturated rings. The minimum Gasteiger partial charge on any atom is -0.396 e. The summed E-state index contributed by atoms with van der Waals surface area (Å²) in [5.74, 6) is 2.16. The van der Waals surface area contributed by atoms with Crippen LogP contribution in [0.5, 0.6) is 0 Å². The molecule has 2 N–H and O–H groups in total. The van der Waals surface area contributed by atoms with E-state index in [0.29, 0.717) is 0 Å². The molecule has 0 saturated carbocycles. The summed E-state index contributed by atoms with van der Waals surface area (Å²) in [5.41, 5.74) is 0. The van der Waals surface area contributed by atoms with Crippen molar-refractivity contribution in [1.29, 1.82) is 0 Å². The molecule has 2 heterocycles. The van der Waals surface area contributed by atoms with Crippen molar-refractivity contribution in [2.24, 2.45) is 0 Å². The lowest BCUT2D eigenvalue weighted by molar-refractivity contribution is 0.285. The first-order chi connectivity index (χ1) is 7.42. The molecule has 0 saturated heterocycles. The lowest BCUT2D eigenvalue weighted by Crippen LogP contribution is -2.21. The minimum atomic E-state index is 0.241. The van der Waals surface area contributed by atoms with E-state index in [0.717, 1.165) is 44.1 Å². The third-order valence-electron chi connectivity index (χ3n) is 2.73. The molecule has 0 radical (unpaired) electrons. The maximum absolute atomic E-state index is 8.64. The molecule has 84 valence electrons. The summed E-state index contributed by atoms with van der Waals surface area (Å²) in [6.45, 7) is 2.88. The number of aromatic nitrogens is 3. The fraction of sp³-hybridized carbons (Fsp3) is 0.800. The fourth-order valence-corrected chi connectivity index (χ4v) is 1.90. The van der Waals surface area contributed by atoms with Gasteiger partial charge >= 0.3 is 0 Å². The van der Waals surface area contributed by atoms with Gasteiger partial charge in [0.05, 0.1) is 6.54 Å². The number of aliphatic hydroxyl groups excluding tert-OH is 1. The van der Waals surface area contributed by atoms with Gasteiger partial charge in [-0.25, -0.2) is 0 Å². The van der Waals surface area contributed by atoms with Gasteiger partial charge in [-0.1, -0.05) is 0 Å². The molecular formula is C10H18N4O. The van der Waals surface area contributed by atoms with Gasteiger partial charge in [0.2, 0.25) is 0 Å². The van der Waals surface area contributed by atoms with Crippen LogP contribution in [0.1, 0.15) is 30.9 Å². The Kier molecular flexibility index (Phi) is 3.69. The third kappa shape index (κ3) is 2.54. The molecule has 0 atom stereocenters. The van der Waals surface area contributed by atoms with E-state index in [9.17, 15) is 0 Å². The summed E-state index contributed by atoms with van der Waals surface area (Å²) in [5, 5.41) is 20.3. The molecular weight excluding hydrogens is 192 g/mol. The van der Waals surface area contributed by atoms with Crippen LogP contribution in [-0.4, -0.2) is 33.0 Å². The van der Waals surface area contributed by atoms with Crippen molar-refractivity contribution in [2.75, 3.05) is 13.2 Å². The maximum atomic E-state index is 8.64. The van der Waals surface area contributed by atoms with Gasteiger partial charge in [-0.3, -0.25) is 0 Å². The highest BCUT2D eigenvalue weighted by molar-refractivity contribution is 4.98. The second-order valence-electron chi connectivity index (χ2n) is 3.90. The molecule has 5 heteroatoms. The first kappa shape index (κ1) is 10.6. The molecule has 0 amide bonds. The van der Waals surface area contributed by atoms with Crippen molar-refractivity contribution in [2.45, 2.75) is 38.8 Å². The smallest absolute Gasteiger partial charge is 0.147 e. The number of rotatable bonds is 5. The van der Waals surface area contributed by atoms with Crippen LogP contribution in [0.15, 0.2) is 0 Å². The van der Waals surface area contributed by atoms with E-state index in [1.54, 1.807) is 0 Å². The minimum absolute atomic E-state index is 0.241. The summed E-state index contributed by atoms with van der Waals surface area (Å²) in [6, 6.07) is 0. The van der Waals surface area contributed by atoms with Gasteiger partial charge in [-0.05, 0) is 25.8 Å². The van der Waals surface area contributed by atoms with Gasteiger partial charge in [0.15, 0.2) is 0 Å². The van der Waals surface area contributed by atoms with E-state index < -0.39 is 0 Å². The molecule has 0 unspecified atom stereocenters. The zero-order chi connectivity index (χ0) is 10.5. The normalized spacial score (nSPS) is 15.3. The van der Waals surface area contributed by atoms with Gasteiger partial charge < -0.3 is 15.0 Å². The van der Waals surface area contributed by atoms with Crippen LogP contribution in [0.4, 0.5) is 0 Å². The zero-order valence-electron chi connectivity index (χ0n) is 8.95. The van der Waals surface area contributed by atoms with Crippen LogP contribution >= 0.6 is 0 Å². The zero-order valence-corrected chi connectivity index (χ0v) is 8.95. The van der Waals surface area contributed by atoms with Crippen molar-refractivity contribution in [3.05, 3.63) is 11.6 Å². The van der Waals surface area contributed by atoms with Crippen LogP contribution in [-0.2, 0) is 19.5 Å². The Bertz CT molecular complexity index is 310. The highest BCUT2D eigenvalue weighted by Crippen LogP contribution is 2.13. The van der Waals surface area contributed by atoms with Crippen molar-refractivity contribution in [3.63, 3.8) is 0 Å². The van der Waals surface area contributed by atoms with Crippen LogP contribution < -0.4 is 5.32 Å². The van der Waals surface area contributed by atoms with E-state index in [-0.39, 0.29) is 6.61 Å². The Balaban J connectivity index is 1.88. The quantitative estimate of drug-likeness (QED) is 0.676. The molecule has 15 heavy (non-hydrogen) atoms. The molecule has 1 aliphatic rings. The summed E-state index contributed by atoms with van der Waals surface area (Å²) in [7, 11) is 0. The molecule has 1 aromatic heterocycles. The number of fused-ring (bicyclic) bond motifs is 1. The van der Waals surface area contributed by atoms with Gasteiger partial charge in [0.1, 0.15) is 11.6 Å². The summed E-state index contributed by atoms with van der Waals surface area (Å²) < 4.78 is 2.22. The van der Waals surface area contributed by atoms with E-state index in [4.69, 9.17) is 5.11 Å². The Hall–Kier alpha value is -0.940. The van der Waals surface area contributed by atoms with Gasteiger partial charge in [-0.15, -0.1) is 10.2 Å². The topological polar surface area (TPSA) is 63.0 Å². The standard InChI is InChI=1S/C10H18N4O/c15-7-3-5-11-8-10-13-12-9-4-1-2-6-14(9)10/h11,15H,1-8H2. The summed E-state index contributed by atoms with van der Waals surface area (Å²) in [4.78, 5) is 0. The number of hydrogen-bond donors (Lipinski definition) is 2. The lowest BCUT2D eigenvalue weighted by atomic mass is 10.2. The number of nitrogens with zero attached hydrogens (tertiary/aromatic N) is 3. The first-order valence-corrected chi connectivity index (χ1v) is 5.64. The van der Waals surface area contributed by atoms with Crippen molar-refractivity contribution in [3.8, 4) is 0 Å². The fourth-order valence-electron chi connectivity index (χ4n) is 1.90. The molecule has 0 spiro atoms. The van der Waals surface area contributed by atoms with Gasteiger partial charge in [-0.2, -0.15) is 0 Å². The molecule has 0 bridgehead atoms. The number of nitrogens with one attached hydrogen (secondary N) is 1. The first-order valence-electron chi connectivity index (χ1n) is 5.64. The Labute approximate surface area is 89.5 Å². The number of aryl methyl sites for hydroxylation is 1. The molecule has 2 rings (SSSR count). The van der Waals surface area contributed by atoms with Gasteiger partial charge in [0, 0.05) is 19.6 Å². The molecule has 5 nitrogen and oxygen atoms in total.